The first kappa shape index (κ1) is 16.3. The van der Waals surface area contributed by atoms with Crippen molar-refractivity contribution in [3.8, 4) is 0 Å². The van der Waals surface area contributed by atoms with Gasteiger partial charge < -0.3 is 10.6 Å². The highest BCUT2D eigenvalue weighted by molar-refractivity contribution is 6.06. The molecule has 1 aliphatic carbocycles. The van der Waals surface area contributed by atoms with E-state index < -0.39 is 5.54 Å². The van der Waals surface area contributed by atoms with E-state index in [1.807, 2.05) is 19.1 Å². The summed E-state index contributed by atoms with van der Waals surface area (Å²) in [5.41, 5.74) is 0.605. The van der Waals surface area contributed by atoms with E-state index in [2.05, 4.69) is 27.7 Å². The highest BCUT2D eigenvalue weighted by Crippen LogP contribution is 2.33. The van der Waals surface area contributed by atoms with Gasteiger partial charge >= 0.3 is 0 Å². The number of rotatable bonds is 2. The zero-order valence-corrected chi connectivity index (χ0v) is 14.6. The molecule has 0 spiro atoms. The smallest absolute Gasteiger partial charge is 0.253 e. The van der Waals surface area contributed by atoms with Gasteiger partial charge in [0, 0.05) is 19.6 Å². The van der Waals surface area contributed by atoms with E-state index >= 15 is 0 Å². The maximum Gasteiger partial charge on any atom is 0.253 e. The first-order chi connectivity index (χ1) is 12.0. The first-order valence-corrected chi connectivity index (χ1v) is 9.15. The largest absolute Gasteiger partial charge is 0.345 e. The molecule has 0 aromatic heterocycles. The molecule has 1 aromatic rings. The molecule has 0 bridgehead atoms. The number of hydrogen-bond acceptors (Lipinski definition) is 3. The van der Waals surface area contributed by atoms with E-state index in [4.69, 9.17) is 0 Å². The minimum Gasteiger partial charge on any atom is -0.345 e. The van der Waals surface area contributed by atoms with Crippen LogP contribution in [0.3, 0.4) is 0 Å². The van der Waals surface area contributed by atoms with Gasteiger partial charge in [-0.05, 0) is 44.2 Å². The van der Waals surface area contributed by atoms with Gasteiger partial charge in [0.25, 0.3) is 5.91 Å². The Hall–Kier alpha value is -2.14. The van der Waals surface area contributed by atoms with Gasteiger partial charge in [0.2, 0.25) is 5.91 Å². The summed E-state index contributed by atoms with van der Waals surface area (Å²) in [6, 6.07) is 7.21. The molecule has 3 atom stereocenters. The van der Waals surface area contributed by atoms with Crippen molar-refractivity contribution in [1.82, 2.24) is 10.2 Å². The van der Waals surface area contributed by atoms with Gasteiger partial charge in [-0.15, -0.1) is 0 Å². The highest BCUT2D eigenvalue weighted by Gasteiger charge is 2.49. The molecule has 132 valence electrons. The number of nitrogens with zero attached hydrogens (tertiary/aromatic N) is 1. The summed E-state index contributed by atoms with van der Waals surface area (Å²) in [5.74, 6) is 0.310. The van der Waals surface area contributed by atoms with Crippen LogP contribution in [0.15, 0.2) is 36.4 Å². The van der Waals surface area contributed by atoms with Crippen LogP contribution in [-0.2, 0) is 4.79 Å². The predicted molar refractivity (Wildman–Crippen MR) is 97.4 cm³/mol. The van der Waals surface area contributed by atoms with Gasteiger partial charge in [-0.1, -0.05) is 24.3 Å². The Morgan fingerprint density at radius 2 is 2.08 bits per heavy atom. The van der Waals surface area contributed by atoms with Crippen molar-refractivity contribution in [2.45, 2.75) is 31.7 Å². The monoisotopic (exact) mass is 339 g/mol. The predicted octanol–water partition coefficient (Wildman–Crippen LogP) is 2.42. The van der Waals surface area contributed by atoms with E-state index in [0.717, 1.165) is 25.9 Å². The number of benzene rings is 1. The Balaban J connectivity index is 1.56. The zero-order chi connectivity index (χ0) is 17.4. The number of likely N-dealkylation sites (tertiary alicyclic amines) is 1. The van der Waals surface area contributed by atoms with Gasteiger partial charge in [-0.2, -0.15) is 0 Å². The number of carbonyl (C=O) groups excluding carboxylic acids is 2. The van der Waals surface area contributed by atoms with Crippen molar-refractivity contribution >= 4 is 17.5 Å². The number of fused-ring (bicyclic) bond motifs is 2. The molecule has 2 heterocycles. The second kappa shape index (κ2) is 6.30. The Bertz CT molecular complexity index is 729. The topological polar surface area (TPSA) is 61.4 Å². The second-order valence-corrected chi connectivity index (χ2v) is 7.80. The van der Waals surface area contributed by atoms with Crippen molar-refractivity contribution in [3.05, 3.63) is 42.0 Å². The van der Waals surface area contributed by atoms with Crippen LogP contribution in [0.25, 0.3) is 0 Å². The molecular weight excluding hydrogens is 314 g/mol. The lowest BCUT2D eigenvalue weighted by Gasteiger charge is -2.33. The van der Waals surface area contributed by atoms with Crippen LogP contribution >= 0.6 is 0 Å². The lowest BCUT2D eigenvalue weighted by Crippen LogP contribution is -2.56. The Kier molecular flexibility index (Phi) is 4.12. The molecule has 25 heavy (non-hydrogen) atoms. The van der Waals surface area contributed by atoms with E-state index in [0.29, 0.717) is 23.7 Å². The summed E-state index contributed by atoms with van der Waals surface area (Å²) >= 11 is 0. The average Bonchev–Trinajstić information content (AvgIpc) is 2.91. The Morgan fingerprint density at radius 1 is 1.24 bits per heavy atom. The molecule has 4 rings (SSSR count). The van der Waals surface area contributed by atoms with Crippen molar-refractivity contribution in [2.24, 2.45) is 11.8 Å². The normalized spacial score (nSPS) is 32.2. The molecule has 3 aliphatic rings. The maximum absolute atomic E-state index is 12.9. The van der Waals surface area contributed by atoms with Crippen molar-refractivity contribution in [1.29, 1.82) is 0 Å². The van der Waals surface area contributed by atoms with Gasteiger partial charge in [0.15, 0.2) is 0 Å². The second-order valence-electron chi connectivity index (χ2n) is 7.80. The Morgan fingerprint density at radius 3 is 2.88 bits per heavy atom. The van der Waals surface area contributed by atoms with E-state index in [1.165, 1.54) is 6.42 Å². The van der Waals surface area contributed by atoms with Crippen LogP contribution in [0, 0.1) is 11.8 Å². The van der Waals surface area contributed by atoms with E-state index in [1.54, 1.807) is 12.1 Å². The van der Waals surface area contributed by atoms with Crippen LogP contribution in [0.1, 0.15) is 36.5 Å². The summed E-state index contributed by atoms with van der Waals surface area (Å²) in [4.78, 5) is 27.9. The fraction of sp³-hybridized carbons (Fsp3) is 0.500. The standard InChI is InChI=1S/C20H25N3O2/c1-20-13-23(11-14-7-3-2-4-8-14)12-16(20)19(25)21-17-10-6-5-9-15(17)18(24)22-20/h2-3,5-6,9-10,14,16H,4,7-8,11-13H2,1H3,(H,21,25)(H,22,24)/t14?,16-,20-/m0/s1. The van der Waals surface area contributed by atoms with Gasteiger partial charge in [-0.3, -0.25) is 14.5 Å². The summed E-state index contributed by atoms with van der Waals surface area (Å²) < 4.78 is 0. The molecule has 1 unspecified atom stereocenters. The highest BCUT2D eigenvalue weighted by atomic mass is 16.2. The number of allylic oxidation sites excluding steroid dienone is 2. The first-order valence-electron chi connectivity index (χ1n) is 9.15. The minimum absolute atomic E-state index is 0.000917. The summed E-state index contributed by atoms with van der Waals surface area (Å²) in [7, 11) is 0. The van der Waals surface area contributed by atoms with Crippen LogP contribution < -0.4 is 10.6 Å². The molecule has 1 fully saturated rings. The molecule has 5 heteroatoms. The van der Waals surface area contributed by atoms with Crippen molar-refractivity contribution in [3.63, 3.8) is 0 Å². The number of hydrogen-bond donors (Lipinski definition) is 2. The summed E-state index contributed by atoms with van der Waals surface area (Å²) in [6.45, 7) is 4.42. The molecule has 1 saturated heterocycles. The minimum atomic E-state index is -0.529. The SMILES string of the molecule is C[C@]12CN(CC3CC=CCC3)C[C@H]1C(=O)Nc1ccccc1C(=O)N2. The number of anilines is 1. The summed E-state index contributed by atoms with van der Waals surface area (Å²) in [5, 5.41) is 6.13. The van der Waals surface area contributed by atoms with E-state index in [-0.39, 0.29) is 17.7 Å². The third kappa shape index (κ3) is 3.09. The molecule has 1 aromatic carbocycles. The number of nitrogens with one attached hydrogen (secondary N) is 2. The number of amides is 2. The van der Waals surface area contributed by atoms with Crippen molar-refractivity contribution in [2.75, 3.05) is 25.0 Å². The van der Waals surface area contributed by atoms with Crippen molar-refractivity contribution < 1.29 is 9.59 Å². The Labute approximate surface area is 148 Å². The van der Waals surface area contributed by atoms with Crippen LogP contribution in [0.5, 0.6) is 0 Å². The van der Waals surface area contributed by atoms with Crippen LogP contribution in [-0.4, -0.2) is 41.9 Å². The molecule has 2 amide bonds. The molecule has 2 aliphatic heterocycles. The zero-order valence-electron chi connectivity index (χ0n) is 14.6. The van der Waals surface area contributed by atoms with Gasteiger partial charge in [-0.25, -0.2) is 0 Å². The molecular formula is C20H25N3O2. The fourth-order valence-electron chi connectivity index (χ4n) is 4.46. The maximum atomic E-state index is 12.9. The van der Waals surface area contributed by atoms with Crippen LogP contribution in [0.2, 0.25) is 0 Å². The van der Waals surface area contributed by atoms with E-state index in [9.17, 15) is 9.59 Å². The van der Waals surface area contributed by atoms with Crippen LogP contribution in [0.4, 0.5) is 5.69 Å². The number of carbonyl (C=O) groups is 2. The van der Waals surface area contributed by atoms with Gasteiger partial charge in [0.05, 0.1) is 22.7 Å². The molecule has 0 radical (unpaired) electrons. The average molecular weight is 339 g/mol. The third-order valence-electron chi connectivity index (χ3n) is 5.80. The van der Waals surface area contributed by atoms with Gasteiger partial charge in [0.1, 0.15) is 0 Å². The summed E-state index contributed by atoms with van der Waals surface area (Å²) in [6.07, 6.45) is 7.98. The molecule has 2 N–H and O–H groups in total. The lowest BCUT2D eigenvalue weighted by molar-refractivity contribution is -0.121. The molecule has 0 saturated carbocycles. The number of para-hydroxylation sites is 1. The fourth-order valence-corrected chi connectivity index (χ4v) is 4.46. The quantitative estimate of drug-likeness (QED) is 0.814. The lowest BCUT2D eigenvalue weighted by atomic mass is 9.86. The third-order valence-corrected chi connectivity index (χ3v) is 5.80. The molecule has 5 nitrogen and oxygen atoms in total.